The van der Waals surface area contributed by atoms with Crippen LogP contribution < -0.4 is 0 Å². The third-order valence-corrected chi connectivity index (χ3v) is 12.1. The Morgan fingerprint density at radius 3 is 1.67 bits per heavy atom. The van der Waals surface area contributed by atoms with Crippen molar-refractivity contribution in [3.05, 3.63) is 126 Å². The Morgan fingerprint density at radius 2 is 1.12 bits per heavy atom. The molecule has 0 radical (unpaired) electrons. The van der Waals surface area contributed by atoms with Gasteiger partial charge in [0.25, 0.3) is 0 Å². The third-order valence-electron chi connectivity index (χ3n) is 10.5. The van der Waals surface area contributed by atoms with Gasteiger partial charge in [-0.3, -0.25) is 9.80 Å². The van der Waals surface area contributed by atoms with E-state index in [4.69, 9.17) is 9.47 Å². The lowest BCUT2D eigenvalue weighted by molar-refractivity contribution is 0.0384. The van der Waals surface area contributed by atoms with Gasteiger partial charge in [-0.1, -0.05) is 60.7 Å². The van der Waals surface area contributed by atoms with Crippen LogP contribution in [0.3, 0.4) is 0 Å². The van der Waals surface area contributed by atoms with Crippen molar-refractivity contribution >= 4 is 37.1 Å². The standard InChI is InChI=1S/C25H26N4O3S.C18H19BrN4O/c1-33(30,31)23-4-2-3-21(15-23)24-17-27-29-18-22(16-26-25(24)29)20-7-5-19(6-8-20)9-10-28-11-13-32-14-12-28;19-17-12-21-23-13-16(11-20-18(17)23)15-3-1-14(2-4-15)5-6-22-7-9-24-10-8-22/h2-8,15-18H,9-14H2,1H3;1-4,11-13H,5-10H2. The number of hydrogen-bond donors (Lipinski definition) is 0. The lowest BCUT2D eigenvalue weighted by Gasteiger charge is -2.26. The number of ether oxygens (including phenoxy) is 2. The normalized spacial score (nSPS) is 15.5. The van der Waals surface area contributed by atoms with E-state index in [0.29, 0.717) is 5.65 Å². The Hall–Kier alpha value is -4.83. The highest BCUT2D eigenvalue weighted by atomic mass is 79.9. The molecular weight excluding hydrogens is 804 g/mol. The van der Waals surface area contributed by atoms with Crippen molar-refractivity contribution in [2.45, 2.75) is 17.7 Å². The fourth-order valence-corrected chi connectivity index (χ4v) is 8.11. The van der Waals surface area contributed by atoms with Crippen LogP contribution in [-0.4, -0.2) is 119 Å². The summed E-state index contributed by atoms with van der Waals surface area (Å²) in [4.78, 5) is 14.3. The first-order valence-electron chi connectivity index (χ1n) is 19.2. The van der Waals surface area contributed by atoms with Gasteiger partial charge in [0, 0.05) is 87.0 Å². The number of benzene rings is 3. The molecule has 2 aliphatic heterocycles. The van der Waals surface area contributed by atoms with Crippen LogP contribution in [-0.2, 0) is 32.2 Å². The topological polar surface area (TPSA) is 119 Å². The summed E-state index contributed by atoms with van der Waals surface area (Å²) in [5.41, 5.74) is 10.0. The van der Waals surface area contributed by atoms with Crippen molar-refractivity contribution in [2.24, 2.45) is 0 Å². The van der Waals surface area contributed by atoms with E-state index < -0.39 is 9.84 Å². The predicted octanol–water partition coefficient (Wildman–Crippen LogP) is 6.38. The van der Waals surface area contributed by atoms with Crippen LogP contribution in [0.4, 0.5) is 0 Å². The van der Waals surface area contributed by atoms with Crippen LogP contribution >= 0.6 is 15.9 Å². The molecule has 0 bridgehead atoms. The molecule has 57 heavy (non-hydrogen) atoms. The summed E-state index contributed by atoms with van der Waals surface area (Å²) in [7, 11) is -3.28. The van der Waals surface area contributed by atoms with E-state index in [1.54, 1.807) is 39.6 Å². The number of aromatic nitrogens is 6. The monoisotopic (exact) mass is 848 g/mol. The van der Waals surface area contributed by atoms with Gasteiger partial charge in [0.2, 0.25) is 0 Å². The van der Waals surface area contributed by atoms with Crippen molar-refractivity contribution in [1.29, 1.82) is 0 Å². The van der Waals surface area contributed by atoms with Crippen LogP contribution in [0.25, 0.3) is 44.7 Å². The SMILES string of the molecule is Brc1cnn2cc(-c3ccc(CCN4CCOCC4)cc3)cnc12.CS(=O)(=O)c1cccc(-c2cnn3cc(-c4ccc(CCN5CCOCC5)cc4)cnc23)c1. The van der Waals surface area contributed by atoms with E-state index in [1.165, 1.54) is 17.4 Å². The zero-order valence-corrected chi connectivity index (χ0v) is 34.3. The van der Waals surface area contributed by atoms with Crippen LogP contribution in [0.5, 0.6) is 0 Å². The molecule has 14 heteroatoms. The summed E-state index contributed by atoms with van der Waals surface area (Å²) in [6, 6.07) is 24.2. The minimum Gasteiger partial charge on any atom is -0.379 e. The quantitative estimate of drug-likeness (QED) is 0.154. The third kappa shape index (κ3) is 9.66. The summed E-state index contributed by atoms with van der Waals surface area (Å²) in [5, 5.41) is 8.76. The maximum Gasteiger partial charge on any atom is 0.175 e. The van der Waals surface area contributed by atoms with E-state index in [0.717, 1.165) is 122 Å². The number of rotatable bonds is 10. The Morgan fingerprint density at radius 1 is 0.614 bits per heavy atom. The van der Waals surface area contributed by atoms with E-state index in [2.05, 4.69) is 94.4 Å². The molecule has 2 fully saturated rings. The molecule has 9 rings (SSSR count). The van der Waals surface area contributed by atoms with E-state index in [9.17, 15) is 8.42 Å². The molecule has 7 aromatic rings. The van der Waals surface area contributed by atoms with Crippen LogP contribution in [0.2, 0.25) is 0 Å². The molecule has 294 valence electrons. The number of fused-ring (bicyclic) bond motifs is 2. The van der Waals surface area contributed by atoms with Gasteiger partial charge in [-0.2, -0.15) is 10.2 Å². The van der Waals surface area contributed by atoms with Gasteiger partial charge in [-0.15, -0.1) is 0 Å². The number of hydrogen-bond acceptors (Lipinski definition) is 10. The average molecular weight is 850 g/mol. The first-order chi connectivity index (χ1) is 27.8. The van der Waals surface area contributed by atoms with E-state index >= 15 is 0 Å². The first kappa shape index (κ1) is 39.0. The molecule has 0 aliphatic carbocycles. The Labute approximate surface area is 341 Å². The second kappa shape index (κ2) is 17.8. The fourth-order valence-electron chi connectivity index (χ4n) is 7.07. The van der Waals surface area contributed by atoms with Gasteiger partial charge in [0.15, 0.2) is 21.1 Å². The molecule has 0 unspecified atom stereocenters. The van der Waals surface area contributed by atoms with Crippen molar-refractivity contribution in [2.75, 3.05) is 72.0 Å². The van der Waals surface area contributed by atoms with Crippen LogP contribution in [0, 0.1) is 0 Å². The lowest BCUT2D eigenvalue weighted by atomic mass is 10.0. The van der Waals surface area contributed by atoms with Gasteiger partial charge >= 0.3 is 0 Å². The highest BCUT2D eigenvalue weighted by molar-refractivity contribution is 9.10. The summed E-state index contributed by atoms with van der Waals surface area (Å²) in [6.07, 6.45) is 14.5. The van der Waals surface area contributed by atoms with Crippen LogP contribution in [0.15, 0.2) is 119 Å². The molecule has 0 N–H and O–H groups in total. The zero-order chi connectivity index (χ0) is 39.2. The van der Waals surface area contributed by atoms with Gasteiger partial charge in [0.1, 0.15) is 0 Å². The van der Waals surface area contributed by atoms with Crippen molar-refractivity contribution in [1.82, 2.24) is 39.0 Å². The molecule has 4 aromatic heterocycles. The minimum absolute atomic E-state index is 0.282. The van der Waals surface area contributed by atoms with E-state index in [-0.39, 0.29) is 4.90 Å². The van der Waals surface area contributed by atoms with Crippen molar-refractivity contribution in [3.8, 4) is 33.4 Å². The molecule has 0 spiro atoms. The molecule has 2 aliphatic rings. The lowest BCUT2D eigenvalue weighted by Crippen LogP contribution is -2.37. The maximum absolute atomic E-state index is 11.9. The summed E-state index contributed by atoms with van der Waals surface area (Å²) < 4.78 is 39.1. The second-order valence-corrected chi connectivity index (χ2v) is 17.2. The highest BCUT2D eigenvalue weighted by Gasteiger charge is 2.15. The summed E-state index contributed by atoms with van der Waals surface area (Å²) in [5.74, 6) is 0. The number of halogens is 1. The first-order valence-corrected chi connectivity index (χ1v) is 21.9. The largest absolute Gasteiger partial charge is 0.379 e. The number of nitrogens with zero attached hydrogens (tertiary/aromatic N) is 8. The van der Waals surface area contributed by atoms with Crippen molar-refractivity contribution < 1.29 is 17.9 Å². The molecule has 3 aromatic carbocycles. The fraction of sp³-hybridized carbons (Fsp3) is 0.302. The van der Waals surface area contributed by atoms with Gasteiger partial charge in [0.05, 0.1) is 48.2 Å². The minimum atomic E-state index is -3.28. The Balaban J connectivity index is 0.000000168. The Bertz CT molecular complexity index is 2550. The predicted molar refractivity (Wildman–Crippen MR) is 225 cm³/mol. The van der Waals surface area contributed by atoms with Crippen LogP contribution in [0.1, 0.15) is 11.1 Å². The van der Waals surface area contributed by atoms with E-state index in [1.807, 2.05) is 30.9 Å². The second-order valence-electron chi connectivity index (χ2n) is 14.4. The molecule has 2 saturated heterocycles. The number of sulfone groups is 1. The molecule has 0 amide bonds. The molecule has 12 nitrogen and oxygen atoms in total. The molecule has 0 saturated carbocycles. The molecular formula is C43H45BrN8O4S. The maximum atomic E-state index is 11.9. The molecule has 6 heterocycles. The number of morpholine rings is 2. The van der Waals surface area contributed by atoms with Gasteiger partial charge in [-0.25, -0.2) is 27.4 Å². The zero-order valence-electron chi connectivity index (χ0n) is 31.9. The highest BCUT2D eigenvalue weighted by Crippen LogP contribution is 2.28. The van der Waals surface area contributed by atoms with Gasteiger partial charge < -0.3 is 9.47 Å². The smallest absolute Gasteiger partial charge is 0.175 e. The average Bonchev–Trinajstić information content (AvgIpc) is 3.86. The summed E-state index contributed by atoms with van der Waals surface area (Å²) in [6.45, 7) is 9.62. The van der Waals surface area contributed by atoms with Crippen molar-refractivity contribution in [3.63, 3.8) is 0 Å². The Kier molecular flexibility index (Phi) is 12.2. The molecule has 0 atom stereocenters. The van der Waals surface area contributed by atoms with Gasteiger partial charge in [-0.05, 0) is 68.7 Å². The summed E-state index contributed by atoms with van der Waals surface area (Å²) >= 11 is 3.45.